The molecule has 11 heteroatoms. The van der Waals surface area contributed by atoms with Gasteiger partial charge in [0.2, 0.25) is 11.7 Å². The van der Waals surface area contributed by atoms with Crippen LogP contribution in [0.4, 0.5) is 14.7 Å². The van der Waals surface area contributed by atoms with Crippen molar-refractivity contribution in [1.82, 2.24) is 29.7 Å². The molecule has 0 radical (unpaired) electrons. The van der Waals surface area contributed by atoms with Crippen LogP contribution >= 0.6 is 0 Å². The van der Waals surface area contributed by atoms with Gasteiger partial charge in [-0.15, -0.1) is 0 Å². The number of aromatic nitrogens is 6. The quantitative estimate of drug-likeness (QED) is 0.428. The third kappa shape index (κ3) is 3.45. The fourth-order valence-electron chi connectivity index (χ4n) is 4.88. The summed E-state index contributed by atoms with van der Waals surface area (Å²) < 4.78 is 43.0. The number of rotatable bonds is 4. The van der Waals surface area contributed by atoms with Crippen molar-refractivity contribution < 1.29 is 18.3 Å². The average molecular weight is 492 g/mol. The molecule has 3 aromatic heterocycles. The summed E-state index contributed by atoms with van der Waals surface area (Å²) >= 11 is 0. The Morgan fingerprint density at radius 3 is 2.69 bits per heavy atom. The van der Waals surface area contributed by atoms with Gasteiger partial charge in [-0.3, -0.25) is 4.68 Å². The van der Waals surface area contributed by atoms with Crippen molar-refractivity contribution in [2.24, 2.45) is 0 Å². The molecule has 1 saturated carbocycles. The number of halogens is 2. The van der Waals surface area contributed by atoms with E-state index in [0.29, 0.717) is 54.2 Å². The third-order valence-electron chi connectivity index (χ3n) is 7.04. The first-order valence-corrected chi connectivity index (χ1v) is 12.0. The van der Waals surface area contributed by atoms with E-state index in [1.807, 2.05) is 29.6 Å². The highest BCUT2D eigenvalue weighted by molar-refractivity contribution is 5.88. The molecule has 0 amide bonds. The fourth-order valence-corrected chi connectivity index (χ4v) is 4.88. The summed E-state index contributed by atoms with van der Waals surface area (Å²) in [7, 11) is 0. The van der Waals surface area contributed by atoms with E-state index in [9.17, 15) is 8.78 Å². The minimum Gasteiger partial charge on any atom is -0.342 e. The van der Waals surface area contributed by atoms with Gasteiger partial charge in [0, 0.05) is 24.4 Å². The summed E-state index contributed by atoms with van der Waals surface area (Å²) in [6.07, 6.45) is 5.83. The Kier molecular flexibility index (Phi) is 4.65. The average Bonchev–Trinajstić information content (AvgIpc) is 3.49. The molecule has 36 heavy (non-hydrogen) atoms. The van der Waals surface area contributed by atoms with Crippen LogP contribution in [0.3, 0.4) is 0 Å². The first-order chi connectivity index (χ1) is 17.4. The lowest BCUT2D eigenvalue weighted by Crippen LogP contribution is -2.50. The summed E-state index contributed by atoms with van der Waals surface area (Å²) in [5.41, 5.74) is 3.35. The number of nitrogens with zero attached hydrogens (tertiary/aromatic N) is 7. The minimum atomic E-state index is -0.996. The van der Waals surface area contributed by atoms with Gasteiger partial charge in [-0.05, 0) is 38.8 Å². The van der Waals surface area contributed by atoms with E-state index in [0.717, 1.165) is 24.5 Å². The van der Waals surface area contributed by atoms with Gasteiger partial charge in [0.1, 0.15) is 28.9 Å². The Hall–Kier alpha value is -3.57. The lowest BCUT2D eigenvalue weighted by atomic mass is 10.1. The van der Waals surface area contributed by atoms with Crippen molar-refractivity contribution in [3.05, 3.63) is 59.2 Å². The first-order valence-electron chi connectivity index (χ1n) is 12.0. The number of ether oxygens (including phenoxy) is 2. The van der Waals surface area contributed by atoms with Crippen molar-refractivity contribution in [2.75, 3.05) is 24.6 Å². The van der Waals surface area contributed by atoms with E-state index in [1.165, 1.54) is 12.1 Å². The van der Waals surface area contributed by atoms with Crippen LogP contribution in [0.25, 0.3) is 22.4 Å². The summed E-state index contributed by atoms with van der Waals surface area (Å²) in [5.74, 6) is -2.03. The van der Waals surface area contributed by atoms with E-state index in [-0.39, 0.29) is 17.4 Å². The van der Waals surface area contributed by atoms with Gasteiger partial charge in [-0.25, -0.2) is 23.7 Å². The third-order valence-corrected chi connectivity index (χ3v) is 7.04. The van der Waals surface area contributed by atoms with Gasteiger partial charge in [0.25, 0.3) is 0 Å². The number of anilines is 1. The number of hydrogen-bond acceptors (Lipinski definition) is 8. The number of fused-ring (bicyclic) bond motifs is 3. The van der Waals surface area contributed by atoms with Crippen molar-refractivity contribution in [1.29, 1.82) is 0 Å². The molecule has 3 aliphatic rings. The van der Waals surface area contributed by atoms with Gasteiger partial charge in [0.05, 0.1) is 42.3 Å². The fraction of sp³-hybridized carbons (Fsp3) is 0.400. The molecule has 4 aromatic rings. The second-order valence-corrected chi connectivity index (χ2v) is 9.69. The standard InChI is InChI=1S/C25H23F2N7O2/c1-13-14(2)30-23-22(29-13)21(19-6-3-16(26)7-20(19)27)31-24(32-23)33-10-18-11-35-25(12-33,36-18)15-8-28-34(9-15)17-4-5-17/h3,6-9,17-18H,4-5,10-12H2,1-2H3/t18-,25+/m0/s1. The van der Waals surface area contributed by atoms with Gasteiger partial charge in [-0.2, -0.15) is 10.1 Å². The molecule has 0 spiro atoms. The van der Waals surface area contributed by atoms with Crippen molar-refractivity contribution in [2.45, 2.75) is 44.6 Å². The molecule has 1 aliphatic carbocycles. The smallest absolute Gasteiger partial charge is 0.228 e. The summed E-state index contributed by atoms with van der Waals surface area (Å²) in [6.45, 7) is 4.92. The molecule has 5 heterocycles. The monoisotopic (exact) mass is 491 g/mol. The molecule has 0 unspecified atom stereocenters. The molecule has 2 bridgehead atoms. The predicted molar refractivity (Wildman–Crippen MR) is 125 cm³/mol. The Bertz CT molecular complexity index is 1520. The van der Waals surface area contributed by atoms with Crippen LogP contribution < -0.4 is 4.90 Å². The van der Waals surface area contributed by atoms with E-state index in [4.69, 9.17) is 19.4 Å². The van der Waals surface area contributed by atoms with E-state index < -0.39 is 17.4 Å². The highest BCUT2D eigenvalue weighted by Gasteiger charge is 2.51. The highest BCUT2D eigenvalue weighted by Crippen LogP contribution is 2.42. The Morgan fingerprint density at radius 2 is 1.89 bits per heavy atom. The molecule has 0 N–H and O–H groups in total. The van der Waals surface area contributed by atoms with Crippen molar-refractivity contribution >= 4 is 17.1 Å². The van der Waals surface area contributed by atoms with E-state index in [2.05, 4.69) is 15.1 Å². The number of aryl methyl sites for hydroxylation is 2. The number of hydrogen-bond donors (Lipinski definition) is 0. The molecule has 7 rings (SSSR count). The van der Waals surface area contributed by atoms with Crippen LogP contribution in [0.1, 0.15) is 35.8 Å². The zero-order valence-electron chi connectivity index (χ0n) is 19.8. The van der Waals surface area contributed by atoms with Crippen molar-refractivity contribution in [3.8, 4) is 11.3 Å². The lowest BCUT2D eigenvalue weighted by Gasteiger charge is -2.38. The van der Waals surface area contributed by atoms with Crippen LogP contribution in [0.5, 0.6) is 0 Å². The maximum Gasteiger partial charge on any atom is 0.228 e. The molecule has 3 fully saturated rings. The van der Waals surface area contributed by atoms with E-state index >= 15 is 0 Å². The van der Waals surface area contributed by atoms with Gasteiger partial charge in [0.15, 0.2) is 5.65 Å². The topological polar surface area (TPSA) is 91.1 Å². The summed E-state index contributed by atoms with van der Waals surface area (Å²) in [4.78, 5) is 20.6. The highest BCUT2D eigenvalue weighted by atomic mass is 19.1. The lowest BCUT2D eigenvalue weighted by molar-refractivity contribution is -0.179. The molecule has 184 valence electrons. The normalized spacial score (nSPS) is 23.6. The SMILES string of the molecule is Cc1nc2nc(N3C[C@H]4CO[C@](c5cnn(C6CC6)c5)(C3)O4)nc(-c3ccc(F)cc3F)c2nc1C. The van der Waals surface area contributed by atoms with Crippen LogP contribution in [0, 0.1) is 25.5 Å². The zero-order valence-corrected chi connectivity index (χ0v) is 19.8. The molecule has 2 aliphatic heterocycles. The predicted octanol–water partition coefficient (Wildman–Crippen LogP) is 3.60. The zero-order chi connectivity index (χ0) is 24.6. The summed E-state index contributed by atoms with van der Waals surface area (Å²) in [6, 6.07) is 3.85. The Labute approximate surface area is 205 Å². The number of benzene rings is 1. The van der Waals surface area contributed by atoms with Gasteiger partial charge in [-0.1, -0.05) is 0 Å². The minimum absolute atomic E-state index is 0.135. The van der Waals surface area contributed by atoms with Gasteiger partial charge >= 0.3 is 0 Å². The molecule has 2 saturated heterocycles. The van der Waals surface area contributed by atoms with Gasteiger partial charge < -0.3 is 14.4 Å². The molecular weight excluding hydrogens is 468 g/mol. The second-order valence-electron chi connectivity index (χ2n) is 9.69. The molecule has 9 nitrogen and oxygen atoms in total. The van der Waals surface area contributed by atoms with Crippen LogP contribution in [-0.2, 0) is 15.3 Å². The second kappa shape index (κ2) is 7.71. The molecule has 1 aromatic carbocycles. The Balaban J connectivity index is 1.34. The maximum absolute atomic E-state index is 14.9. The van der Waals surface area contributed by atoms with Crippen molar-refractivity contribution in [3.63, 3.8) is 0 Å². The Morgan fingerprint density at radius 1 is 1.06 bits per heavy atom. The van der Waals surface area contributed by atoms with Crippen LogP contribution in [0.2, 0.25) is 0 Å². The molecular formula is C25H23F2N7O2. The molecule has 2 atom stereocenters. The number of morpholine rings is 1. The first kappa shape index (κ1) is 21.7. The van der Waals surface area contributed by atoms with E-state index in [1.54, 1.807) is 6.20 Å². The van der Waals surface area contributed by atoms with Crippen LogP contribution in [-0.4, -0.2) is 55.5 Å². The van der Waals surface area contributed by atoms with Crippen LogP contribution in [0.15, 0.2) is 30.6 Å². The maximum atomic E-state index is 14.9. The summed E-state index contributed by atoms with van der Waals surface area (Å²) in [5, 5.41) is 4.51. The largest absolute Gasteiger partial charge is 0.342 e.